The summed E-state index contributed by atoms with van der Waals surface area (Å²) in [7, 11) is 0. The van der Waals surface area contributed by atoms with Gasteiger partial charge in [0, 0.05) is 12.8 Å². The maximum absolute atomic E-state index is 10.8. The van der Waals surface area contributed by atoms with E-state index < -0.39 is 0 Å². The van der Waals surface area contributed by atoms with Crippen molar-refractivity contribution in [1.29, 1.82) is 0 Å². The molecule has 1 aliphatic heterocycles. The summed E-state index contributed by atoms with van der Waals surface area (Å²) in [6.07, 6.45) is 4.20. The zero-order valence-electron chi connectivity index (χ0n) is 6.88. The highest BCUT2D eigenvalue weighted by Crippen LogP contribution is 2.23. The molecule has 1 rings (SSSR count). The molecule has 0 amide bonds. The van der Waals surface area contributed by atoms with Gasteiger partial charge in [-0.15, -0.1) is 6.58 Å². The smallest absolute Gasteiger partial charge is 0.306 e. The first kappa shape index (κ1) is 8.31. The average Bonchev–Trinajstić information content (AvgIpc) is 1.98. The molecule has 1 saturated heterocycles. The van der Waals surface area contributed by atoms with Crippen LogP contribution in [0.2, 0.25) is 0 Å². The molecule has 1 fully saturated rings. The van der Waals surface area contributed by atoms with E-state index in [0.717, 1.165) is 12.8 Å². The molecule has 0 aromatic heterocycles. The van der Waals surface area contributed by atoms with E-state index in [2.05, 4.69) is 13.5 Å². The van der Waals surface area contributed by atoms with E-state index in [1.165, 1.54) is 0 Å². The number of hydrogen-bond donors (Lipinski definition) is 0. The Kier molecular flexibility index (Phi) is 2.69. The average molecular weight is 154 g/mol. The highest BCUT2D eigenvalue weighted by Gasteiger charge is 2.25. The van der Waals surface area contributed by atoms with Gasteiger partial charge in [-0.2, -0.15) is 0 Å². The van der Waals surface area contributed by atoms with Crippen molar-refractivity contribution in [2.75, 3.05) is 0 Å². The van der Waals surface area contributed by atoms with Crippen molar-refractivity contribution >= 4 is 5.97 Å². The second kappa shape index (κ2) is 3.56. The lowest BCUT2D eigenvalue weighted by Crippen LogP contribution is -2.30. The van der Waals surface area contributed by atoms with Crippen LogP contribution in [0, 0.1) is 5.92 Å². The molecule has 2 unspecified atom stereocenters. The van der Waals surface area contributed by atoms with Gasteiger partial charge in [0.05, 0.1) is 0 Å². The van der Waals surface area contributed by atoms with Gasteiger partial charge in [-0.1, -0.05) is 13.0 Å². The van der Waals surface area contributed by atoms with Gasteiger partial charge in [0.15, 0.2) is 0 Å². The predicted octanol–water partition coefficient (Wildman–Crippen LogP) is 1.90. The first-order valence-electron chi connectivity index (χ1n) is 4.04. The maximum atomic E-state index is 10.8. The third kappa shape index (κ3) is 2.07. The van der Waals surface area contributed by atoms with Gasteiger partial charge < -0.3 is 4.74 Å². The van der Waals surface area contributed by atoms with Gasteiger partial charge in [0.25, 0.3) is 0 Å². The van der Waals surface area contributed by atoms with Gasteiger partial charge in [-0.25, -0.2) is 0 Å². The van der Waals surface area contributed by atoms with Crippen molar-refractivity contribution in [3.05, 3.63) is 12.7 Å². The molecule has 0 bridgehead atoms. The Morgan fingerprint density at radius 1 is 1.82 bits per heavy atom. The molecule has 0 N–H and O–H groups in total. The van der Waals surface area contributed by atoms with Crippen LogP contribution in [0.15, 0.2) is 12.7 Å². The Hall–Kier alpha value is -0.790. The van der Waals surface area contributed by atoms with Gasteiger partial charge in [-0.05, 0) is 12.3 Å². The van der Waals surface area contributed by atoms with Crippen molar-refractivity contribution in [1.82, 2.24) is 0 Å². The Bertz CT molecular complexity index is 163. The van der Waals surface area contributed by atoms with E-state index in [9.17, 15) is 4.79 Å². The van der Waals surface area contributed by atoms with Crippen molar-refractivity contribution in [2.45, 2.75) is 32.3 Å². The molecule has 2 atom stereocenters. The monoisotopic (exact) mass is 154 g/mol. The molecule has 0 spiro atoms. The van der Waals surface area contributed by atoms with Crippen LogP contribution in [0.4, 0.5) is 0 Å². The zero-order valence-corrected chi connectivity index (χ0v) is 6.88. The first-order chi connectivity index (χ1) is 5.24. The van der Waals surface area contributed by atoms with Gasteiger partial charge in [-0.3, -0.25) is 4.79 Å². The van der Waals surface area contributed by atoms with E-state index in [1.54, 1.807) is 6.08 Å². The number of carbonyl (C=O) groups is 1. The van der Waals surface area contributed by atoms with Crippen molar-refractivity contribution < 1.29 is 9.53 Å². The highest BCUT2D eigenvalue weighted by atomic mass is 16.5. The summed E-state index contributed by atoms with van der Waals surface area (Å²) >= 11 is 0. The van der Waals surface area contributed by atoms with E-state index in [4.69, 9.17) is 4.74 Å². The molecule has 0 aliphatic carbocycles. The zero-order chi connectivity index (χ0) is 8.27. The number of rotatable bonds is 2. The number of ether oxygens (including phenoxy) is 1. The molecule has 62 valence electrons. The summed E-state index contributed by atoms with van der Waals surface area (Å²) in [4.78, 5) is 10.8. The topological polar surface area (TPSA) is 26.3 Å². The number of esters is 1. The molecule has 2 nitrogen and oxygen atoms in total. The second-order valence-corrected chi connectivity index (χ2v) is 3.07. The second-order valence-electron chi connectivity index (χ2n) is 3.07. The fraction of sp³-hybridized carbons (Fsp3) is 0.667. The van der Waals surface area contributed by atoms with Crippen LogP contribution in [0.5, 0.6) is 0 Å². The van der Waals surface area contributed by atoms with Crippen LogP contribution < -0.4 is 0 Å². The van der Waals surface area contributed by atoms with E-state index in [1.807, 2.05) is 0 Å². The molecule has 1 heterocycles. The van der Waals surface area contributed by atoms with Gasteiger partial charge in [0.2, 0.25) is 0 Å². The Morgan fingerprint density at radius 2 is 2.55 bits per heavy atom. The Labute approximate surface area is 67.2 Å². The summed E-state index contributed by atoms with van der Waals surface area (Å²) in [5.41, 5.74) is 0. The summed E-state index contributed by atoms with van der Waals surface area (Å²) in [5.74, 6) is 0.431. The summed E-state index contributed by atoms with van der Waals surface area (Å²) in [6.45, 7) is 5.73. The van der Waals surface area contributed by atoms with Gasteiger partial charge >= 0.3 is 5.97 Å². The van der Waals surface area contributed by atoms with Crippen LogP contribution in [0.25, 0.3) is 0 Å². The molecule has 0 aromatic carbocycles. The molecule has 0 aromatic rings. The number of hydrogen-bond acceptors (Lipinski definition) is 2. The van der Waals surface area contributed by atoms with Crippen molar-refractivity contribution in [3.63, 3.8) is 0 Å². The third-order valence-corrected chi connectivity index (χ3v) is 2.12. The quantitative estimate of drug-likeness (QED) is 0.448. The minimum Gasteiger partial charge on any atom is -0.462 e. The molecule has 0 saturated carbocycles. The van der Waals surface area contributed by atoms with Crippen LogP contribution in [0.3, 0.4) is 0 Å². The van der Waals surface area contributed by atoms with E-state index in [0.29, 0.717) is 12.3 Å². The largest absolute Gasteiger partial charge is 0.462 e. The van der Waals surface area contributed by atoms with Crippen LogP contribution >= 0.6 is 0 Å². The lowest BCUT2D eigenvalue weighted by molar-refractivity contribution is -0.157. The maximum Gasteiger partial charge on any atom is 0.306 e. The van der Waals surface area contributed by atoms with Crippen LogP contribution in [0.1, 0.15) is 26.2 Å². The number of cyclic esters (lactones) is 1. The minimum atomic E-state index is -0.0602. The fourth-order valence-electron chi connectivity index (χ4n) is 1.32. The van der Waals surface area contributed by atoms with Crippen molar-refractivity contribution in [2.24, 2.45) is 5.92 Å². The summed E-state index contributed by atoms with van der Waals surface area (Å²) in [5, 5.41) is 0. The lowest BCUT2D eigenvalue weighted by Gasteiger charge is -2.27. The molecule has 2 heteroatoms. The lowest BCUT2D eigenvalue weighted by atomic mass is 9.94. The number of carbonyl (C=O) groups excluding carboxylic acids is 1. The molecular weight excluding hydrogens is 140 g/mol. The molecular formula is C9H14O2. The van der Waals surface area contributed by atoms with E-state index >= 15 is 0 Å². The third-order valence-electron chi connectivity index (χ3n) is 2.12. The van der Waals surface area contributed by atoms with Crippen molar-refractivity contribution in [3.8, 4) is 0 Å². The molecule has 1 aliphatic rings. The molecule has 0 radical (unpaired) electrons. The molecule has 11 heavy (non-hydrogen) atoms. The SMILES string of the molecule is C=CCC1OC(=O)CCC1C. The van der Waals surface area contributed by atoms with Crippen LogP contribution in [-0.4, -0.2) is 12.1 Å². The normalized spacial score (nSPS) is 31.2. The minimum absolute atomic E-state index is 0.0602. The Morgan fingerprint density at radius 3 is 3.18 bits per heavy atom. The van der Waals surface area contributed by atoms with E-state index in [-0.39, 0.29) is 12.1 Å². The van der Waals surface area contributed by atoms with Gasteiger partial charge in [0.1, 0.15) is 6.10 Å². The van der Waals surface area contributed by atoms with Crippen LogP contribution in [-0.2, 0) is 9.53 Å². The standard InChI is InChI=1S/C9H14O2/c1-3-4-8-7(2)5-6-9(10)11-8/h3,7-8H,1,4-6H2,2H3. The summed E-state index contributed by atoms with van der Waals surface area (Å²) < 4.78 is 5.13. The highest BCUT2D eigenvalue weighted by molar-refractivity contribution is 5.70. The predicted molar refractivity (Wildman–Crippen MR) is 43.1 cm³/mol. The first-order valence-corrected chi connectivity index (χ1v) is 4.04. The summed E-state index contributed by atoms with van der Waals surface area (Å²) in [6, 6.07) is 0. The Balaban J connectivity index is 2.46. The fourth-order valence-corrected chi connectivity index (χ4v) is 1.32.